The summed E-state index contributed by atoms with van der Waals surface area (Å²) in [5, 5.41) is 0. The third kappa shape index (κ3) is 3.14. The third-order valence-electron chi connectivity index (χ3n) is 4.18. The van der Waals surface area contributed by atoms with Crippen LogP contribution in [0.5, 0.6) is 0 Å². The number of benzene rings is 1. The highest BCUT2D eigenvalue weighted by Crippen LogP contribution is 2.44. The smallest absolute Gasteiger partial charge is 0.415 e. The minimum Gasteiger partial charge on any atom is -0.443 e. The number of carbonyl (C=O) groups excluding carboxylic acids is 1. The van der Waals surface area contributed by atoms with Crippen LogP contribution in [0.2, 0.25) is 0 Å². The number of nitrogens with zero attached hydrogens (tertiary/aromatic N) is 1. The van der Waals surface area contributed by atoms with E-state index in [1.807, 2.05) is 20.8 Å². The first-order valence-corrected chi connectivity index (χ1v) is 8.56. The second-order valence-electron chi connectivity index (χ2n) is 7.19. The lowest BCUT2D eigenvalue weighted by atomic mass is 9.93. The van der Waals surface area contributed by atoms with Gasteiger partial charge in [0.05, 0.1) is 10.2 Å². The molecule has 5 heteroatoms. The standard InChI is InChI=1S/C17H21BrFNO2/c1-17(2,3)22-16(21)20-14(10-4-5-10)7-6-11-8-12(18)13(19)9-15(11)20/h8-10,14H,4-7H2,1-3H3. The Morgan fingerprint density at radius 3 is 2.59 bits per heavy atom. The molecule has 1 aliphatic heterocycles. The second kappa shape index (κ2) is 5.52. The molecule has 1 aromatic rings. The Bertz CT molecular complexity index is 607. The molecule has 0 aromatic heterocycles. The molecule has 0 radical (unpaired) electrons. The van der Waals surface area contributed by atoms with Crippen molar-refractivity contribution in [2.24, 2.45) is 5.92 Å². The summed E-state index contributed by atoms with van der Waals surface area (Å²) in [7, 11) is 0. The van der Waals surface area contributed by atoms with Crippen LogP contribution >= 0.6 is 15.9 Å². The van der Waals surface area contributed by atoms with Gasteiger partial charge in [0.15, 0.2) is 0 Å². The fourth-order valence-electron chi connectivity index (χ4n) is 3.09. The minimum atomic E-state index is -0.559. The molecule has 3 nitrogen and oxygen atoms in total. The summed E-state index contributed by atoms with van der Waals surface area (Å²) >= 11 is 3.23. The van der Waals surface area contributed by atoms with Gasteiger partial charge in [-0.3, -0.25) is 4.90 Å². The van der Waals surface area contributed by atoms with E-state index in [-0.39, 0.29) is 18.0 Å². The first-order chi connectivity index (χ1) is 10.3. The number of halogens is 2. The summed E-state index contributed by atoms with van der Waals surface area (Å²) in [6, 6.07) is 3.37. The number of carbonyl (C=O) groups is 1. The summed E-state index contributed by atoms with van der Waals surface area (Å²) in [6.07, 6.45) is 3.69. The van der Waals surface area contributed by atoms with E-state index in [9.17, 15) is 9.18 Å². The Morgan fingerprint density at radius 2 is 2.00 bits per heavy atom. The lowest BCUT2D eigenvalue weighted by Gasteiger charge is -2.38. The molecule has 1 aliphatic carbocycles. The van der Waals surface area contributed by atoms with Crippen molar-refractivity contribution >= 4 is 27.7 Å². The number of ether oxygens (including phenoxy) is 1. The van der Waals surface area contributed by atoms with Crippen LogP contribution in [-0.2, 0) is 11.2 Å². The van der Waals surface area contributed by atoms with E-state index < -0.39 is 5.60 Å². The van der Waals surface area contributed by atoms with E-state index >= 15 is 0 Å². The highest BCUT2D eigenvalue weighted by atomic mass is 79.9. The molecule has 1 unspecified atom stereocenters. The van der Waals surface area contributed by atoms with E-state index in [0.717, 1.165) is 31.2 Å². The molecule has 1 aromatic carbocycles. The van der Waals surface area contributed by atoms with Gasteiger partial charge in [-0.1, -0.05) is 0 Å². The molecule has 0 saturated heterocycles. The zero-order valence-corrected chi connectivity index (χ0v) is 14.7. The van der Waals surface area contributed by atoms with Gasteiger partial charge in [-0.05, 0) is 86.0 Å². The Hall–Kier alpha value is -1.10. The van der Waals surface area contributed by atoms with Crippen molar-refractivity contribution in [2.75, 3.05) is 4.90 Å². The molecular formula is C17H21BrFNO2. The summed E-state index contributed by atoms with van der Waals surface area (Å²) in [4.78, 5) is 14.4. The van der Waals surface area contributed by atoms with E-state index in [1.165, 1.54) is 6.07 Å². The Balaban J connectivity index is 1.99. The van der Waals surface area contributed by atoms with Crippen LogP contribution in [0, 0.1) is 11.7 Å². The van der Waals surface area contributed by atoms with Gasteiger partial charge in [0.1, 0.15) is 11.4 Å². The molecule has 22 heavy (non-hydrogen) atoms. The predicted octanol–water partition coefficient (Wildman–Crippen LogP) is 5.05. The topological polar surface area (TPSA) is 29.5 Å². The van der Waals surface area contributed by atoms with Crippen molar-refractivity contribution < 1.29 is 13.9 Å². The first kappa shape index (κ1) is 15.8. The summed E-state index contributed by atoms with van der Waals surface area (Å²) < 4.78 is 20.0. The maximum atomic E-state index is 14.0. The molecule has 1 atom stereocenters. The predicted molar refractivity (Wildman–Crippen MR) is 87.6 cm³/mol. The molecule has 0 N–H and O–H groups in total. The van der Waals surface area contributed by atoms with Gasteiger partial charge in [0, 0.05) is 6.04 Å². The van der Waals surface area contributed by atoms with E-state index in [2.05, 4.69) is 15.9 Å². The number of rotatable bonds is 1. The molecule has 120 valence electrons. The van der Waals surface area contributed by atoms with Crippen LogP contribution in [0.1, 0.15) is 45.6 Å². The maximum Gasteiger partial charge on any atom is 0.415 e. The van der Waals surface area contributed by atoms with Crippen molar-refractivity contribution in [3.63, 3.8) is 0 Å². The molecule has 1 saturated carbocycles. The monoisotopic (exact) mass is 369 g/mol. The van der Waals surface area contributed by atoms with Crippen molar-refractivity contribution in [1.82, 2.24) is 0 Å². The molecule has 0 bridgehead atoms. The highest BCUT2D eigenvalue weighted by Gasteiger charge is 2.42. The van der Waals surface area contributed by atoms with Crippen molar-refractivity contribution in [1.29, 1.82) is 0 Å². The SMILES string of the molecule is CC(C)(C)OC(=O)N1c2cc(F)c(Br)cc2CCC1C1CC1. The van der Waals surface area contributed by atoms with Gasteiger partial charge in [-0.2, -0.15) is 0 Å². The molecule has 0 spiro atoms. The second-order valence-corrected chi connectivity index (χ2v) is 8.04. The van der Waals surface area contributed by atoms with Crippen LogP contribution < -0.4 is 4.90 Å². The first-order valence-electron chi connectivity index (χ1n) is 7.76. The summed E-state index contributed by atoms with van der Waals surface area (Å²) in [6.45, 7) is 5.55. The number of amides is 1. The third-order valence-corrected chi connectivity index (χ3v) is 4.79. The quantitative estimate of drug-likeness (QED) is 0.692. The Morgan fingerprint density at radius 1 is 1.32 bits per heavy atom. The Labute approximate surface area is 139 Å². The van der Waals surface area contributed by atoms with Gasteiger partial charge in [-0.15, -0.1) is 0 Å². The van der Waals surface area contributed by atoms with Gasteiger partial charge >= 0.3 is 6.09 Å². The van der Waals surface area contributed by atoms with Crippen LogP contribution in [0.25, 0.3) is 0 Å². The van der Waals surface area contributed by atoms with Crippen molar-refractivity contribution in [2.45, 2.75) is 58.1 Å². The fourth-order valence-corrected chi connectivity index (χ4v) is 3.48. The lowest BCUT2D eigenvalue weighted by Crippen LogP contribution is -2.47. The molecule has 1 heterocycles. The summed E-state index contributed by atoms with van der Waals surface area (Å²) in [5.41, 5.74) is 1.10. The van der Waals surface area contributed by atoms with E-state index in [0.29, 0.717) is 16.1 Å². The average molecular weight is 370 g/mol. The van der Waals surface area contributed by atoms with E-state index in [1.54, 1.807) is 11.0 Å². The maximum absolute atomic E-state index is 14.0. The summed E-state index contributed by atoms with van der Waals surface area (Å²) in [5.74, 6) is 0.177. The van der Waals surface area contributed by atoms with Crippen LogP contribution in [-0.4, -0.2) is 17.7 Å². The van der Waals surface area contributed by atoms with Crippen LogP contribution in [0.4, 0.5) is 14.9 Å². The molecule has 1 amide bonds. The van der Waals surface area contributed by atoms with Gasteiger partial charge in [0.25, 0.3) is 0 Å². The number of anilines is 1. The fraction of sp³-hybridized carbons (Fsp3) is 0.588. The number of hydrogen-bond acceptors (Lipinski definition) is 2. The van der Waals surface area contributed by atoms with E-state index in [4.69, 9.17) is 4.74 Å². The largest absolute Gasteiger partial charge is 0.443 e. The zero-order chi connectivity index (χ0) is 16.1. The van der Waals surface area contributed by atoms with Crippen molar-refractivity contribution in [3.8, 4) is 0 Å². The van der Waals surface area contributed by atoms with Gasteiger partial charge < -0.3 is 4.74 Å². The zero-order valence-electron chi connectivity index (χ0n) is 13.2. The van der Waals surface area contributed by atoms with Crippen LogP contribution in [0.15, 0.2) is 16.6 Å². The number of aryl methyl sites for hydroxylation is 1. The van der Waals surface area contributed by atoms with Gasteiger partial charge in [0.2, 0.25) is 0 Å². The van der Waals surface area contributed by atoms with Crippen molar-refractivity contribution in [3.05, 3.63) is 28.0 Å². The average Bonchev–Trinajstić information content (AvgIpc) is 3.21. The highest BCUT2D eigenvalue weighted by molar-refractivity contribution is 9.10. The van der Waals surface area contributed by atoms with Gasteiger partial charge in [-0.25, -0.2) is 9.18 Å². The lowest BCUT2D eigenvalue weighted by molar-refractivity contribution is 0.0556. The number of fused-ring (bicyclic) bond motifs is 1. The number of hydrogen-bond donors (Lipinski definition) is 0. The molecular weight excluding hydrogens is 349 g/mol. The van der Waals surface area contributed by atoms with Crippen LogP contribution in [0.3, 0.4) is 0 Å². The molecule has 3 rings (SSSR count). The molecule has 2 aliphatic rings. The normalized spacial score (nSPS) is 21.5. The Kier molecular flexibility index (Phi) is 3.96. The molecule has 1 fully saturated rings. The minimum absolute atomic E-state index is 0.128.